The average molecular weight is 341 g/mol. The smallest absolute Gasteiger partial charge is 0.251 e. The van der Waals surface area contributed by atoms with Gasteiger partial charge in [-0.05, 0) is 43.1 Å². The van der Waals surface area contributed by atoms with E-state index in [4.69, 9.17) is 4.74 Å². The molecule has 1 aromatic rings. The van der Waals surface area contributed by atoms with E-state index in [9.17, 15) is 4.79 Å². The summed E-state index contributed by atoms with van der Waals surface area (Å²) in [5.74, 6) is 0.555. The summed E-state index contributed by atoms with van der Waals surface area (Å²) in [6.07, 6.45) is 1.14. The van der Waals surface area contributed by atoms with Gasteiger partial charge in [0.15, 0.2) is 0 Å². The van der Waals surface area contributed by atoms with Crippen LogP contribution >= 0.6 is 15.9 Å². The number of ether oxygens (including phenoxy) is 1. The third-order valence-electron chi connectivity index (χ3n) is 3.64. The van der Waals surface area contributed by atoms with Crippen LogP contribution in [0.15, 0.2) is 28.7 Å². The van der Waals surface area contributed by atoms with E-state index in [0.29, 0.717) is 11.5 Å². The predicted molar refractivity (Wildman–Crippen MR) is 82.9 cm³/mol. The Morgan fingerprint density at radius 3 is 2.90 bits per heavy atom. The van der Waals surface area contributed by atoms with E-state index in [1.54, 1.807) is 7.11 Å². The molecule has 1 aliphatic heterocycles. The fraction of sp³-hybridized carbons (Fsp3) is 0.533. The minimum Gasteiger partial charge on any atom is -0.383 e. The molecule has 1 aliphatic rings. The molecule has 1 aromatic carbocycles. The molecule has 0 saturated carbocycles. The van der Waals surface area contributed by atoms with Crippen LogP contribution in [-0.4, -0.2) is 50.7 Å². The van der Waals surface area contributed by atoms with Crippen LogP contribution in [0.1, 0.15) is 16.8 Å². The second-order valence-corrected chi connectivity index (χ2v) is 6.08. The summed E-state index contributed by atoms with van der Waals surface area (Å²) < 4.78 is 6.07. The Morgan fingerprint density at radius 1 is 1.45 bits per heavy atom. The zero-order valence-corrected chi connectivity index (χ0v) is 13.4. The number of likely N-dealkylation sites (tertiary alicyclic amines) is 1. The first kappa shape index (κ1) is 15.5. The standard InChI is InChI=1S/C15H21BrN2O2/c1-20-9-8-18-7-6-12(11-18)10-17-15(19)13-2-4-14(16)5-3-13/h2-5,12H,6-11H2,1H3,(H,17,19)/t12-/m1/s1. The van der Waals surface area contributed by atoms with Crippen molar-refractivity contribution in [2.24, 2.45) is 5.92 Å². The Bertz CT molecular complexity index is 436. The van der Waals surface area contributed by atoms with Crippen molar-refractivity contribution in [2.75, 3.05) is 39.9 Å². The molecule has 1 amide bonds. The summed E-state index contributed by atoms with van der Waals surface area (Å²) >= 11 is 3.37. The maximum atomic E-state index is 12.0. The zero-order chi connectivity index (χ0) is 14.4. The molecular weight excluding hydrogens is 320 g/mol. The Balaban J connectivity index is 1.73. The highest BCUT2D eigenvalue weighted by molar-refractivity contribution is 9.10. The van der Waals surface area contributed by atoms with Gasteiger partial charge in [-0.1, -0.05) is 15.9 Å². The van der Waals surface area contributed by atoms with Crippen LogP contribution < -0.4 is 5.32 Å². The number of methoxy groups -OCH3 is 1. The molecule has 2 rings (SSSR count). The van der Waals surface area contributed by atoms with E-state index in [-0.39, 0.29) is 5.91 Å². The SMILES string of the molecule is COCCN1CC[C@H](CNC(=O)c2ccc(Br)cc2)C1. The predicted octanol–water partition coefficient (Wildman–Crippen LogP) is 2.15. The maximum Gasteiger partial charge on any atom is 0.251 e. The number of amides is 1. The van der Waals surface area contributed by atoms with Crippen LogP contribution in [0, 0.1) is 5.92 Å². The summed E-state index contributed by atoms with van der Waals surface area (Å²) in [6, 6.07) is 7.44. The van der Waals surface area contributed by atoms with Gasteiger partial charge in [0.05, 0.1) is 6.61 Å². The molecule has 0 aromatic heterocycles. The molecule has 1 heterocycles. The molecule has 20 heavy (non-hydrogen) atoms. The normalized spacial score (nSPS) is 19.2. The van der Waals surface area contributed by atoms with E-state index < -0.39 is 0 Å². The van der Waals surface area contributed by atoms with Gasteiger partial charge in [-0.2, -0.15) is 0 Å². The molecule has 1 fully saturated rings. The average Bonchev–Trinajstić information content (AvgIpc) is 2.91. The number of carbonyl (C=O) groups is 1. The topological polar surface area (TPSA) is 41.6 Å². The summed E-state index contributed by atoms with van der Waals surface area (Å²) in [6.45, 7) is 4.65. The van der Waals surface area contributed by atoms with Crippen molar-refractivity contribution >= 4 is 21.8 Å². The molecule has 1 saturated heterocycles. The molecule has 1 N–H and O–H groups in total. The summed E-state index contributed by atoms with van der Waals surface area (Å²) in [5, 5.41) is 3.02. The number of benzene rings is 1. The summed E-state index contributed by atoms with van der Waals surface area (Å²) in [5.41, 5.74) is 0.711. The van der Waals surface area contributed by atoms with E-state index in [2.05, 4.69) is 26.1 Å². The van der Waals surface area contributed by atoms with Crippen LogP contribution in [0.3, 0.4) is 0 Å². The molecular formula is C15H21BrN2O2. The van der Waals surface area contributed by atoms with Crippen molar-refractivity contribution in [3.8, 4) is 0 Å². The Kier molecular flexibility index (Phi) is 6.01. The Morgan fingerprint density at radius 2 is 2.20 bits per heavy atom. The van der Waals surface area contributed by atoms with Gasteiger partial charge < -0.3 is 15.0 Å². The van der Waals surface area contributed by atoms with E-state index >= 15 is 0 Å². The molecule has 1 atom stereocenters. The fourth-order valence-corrected chi connectivity index (χ4v) is 2.71. The number of nitrogens with zero attached hydrogens (tertiary/aromatic N) is 1. The van der Waals surface area contributed by atoms with Crippen molar-refractivity contribution in [1.82, 2.24) is 10.2 Å². The van der Waals surface area contributed by atoms with Gasteiger partial charge in [-0.25, -0.2) is 0 Å². The highest BCUT2D eigenvalue weighted by atomic mass is 79.9. The van der Waals surface area contributed by atoms with Crippen molar-refractivity contribution in [3.63, 3.8) is 0 Å². The van der Waals surface area contributed by atoms with Crippen LogP contribution in [0.25, 0.3) is 0 Å². The van der Waals surface area contributed by atoms with E-state index in [0.717, 1.165) is 43.7 Å². The molecule has 0 aliphatic carbocycles. The number of hydrogen-bond acceptors (Lipinski definition) is 3. The van der Waals surface area contributed by atoms with Gasteiger partial charge in [0, 0.05) is 36.8 Å². The van der Waals surface area contributed by atoms with Gasteiger partial charge in [0.1, 0.15) is 0 Å². The van der Waals surface area contributed by atoms with Crippen LogP contribution in [-0.2, 0) is 4.74 Å². The lowest BCUT2D eigenvalue weighted by Gasteiger charge is -2.15. The second kappa shape index (κ2) is 7.76. The van der Waals surface area contributed by atoms with Crippen LogP contribution in [0.5, 0.6) is 0 Å². The number of hydrogen-bond donors (Lipinski definition) is 1. The van der Waals surface area contributed by atoms with Crippen molar-refractivity contribution in [1.29, 1.82) is 0 Å². The Labute approximate surface area is 128 Å². The number of carbonyl (C=O) groups excluding carboxylic acids is 1. The van der Waals surface area contributed by atoms with Crippen molar-refractivity contribution in [3.05, 3.63) is 34.3 Å². The molecule has 0 spiro atoms. The second-order valence-electron chi connectivity index (χ2n) is 5.17. The highest BCUT2D eigenvalue weighted by Gasteiger charge is 2.22. The highest BCUT2D eigenvalue weighted by Crippen LogP contribution is 2.15. The lowest BCUT2D eigenvalue weighted by atomic mass is 10.1. The number of nitrogens with one attached hydrogen (secondary N) is 1. The fourth-order valence-electron chi connectivity index (χ4n) is 2.44. The molecule has 110 valence electrons. The van der Waals surface area contributed by atoms with Gasteiger partial charge >= 0.3 is 0 Å². The van der Waals surface area contributed by atoms with Gasteiger partial charge in [-0.15, -0.1) is 0 Å². The third kappa shape index (κ3) is 4.58. The first-order valence-corrected chi connectivity index (χ1v) is 7.73. The molecule has 5 heteroatoms. The molecule has 4 nitrogen and oxygen atoms in total. The first-order valence-electron chi connectivity index (χ1n) is 6.94. The van der Waals surface area contributed by atoms with Gasteiger partial charge in [0.2, 0.25) is 0 Å². The minimum atomic E-state index is 0.00726. The van der Waals surface area contributed by atoms with E-state index in [1.807, 2.05) is 24.3 Å². The van der Waals surface area contributed by atoms with Crippen LogP contribution in [0.2, 0.25) is 0 Å². The number of halogens is 1. The zero-order valence-electron chi connectivity index (χ0n) is 11.8. The monoisotopic (exact) mass is 340 g/mol. The minimum absolute atomic E-state index is 0.00726. The van der Waals surface area contributed by atoms with E-state index in [1.165, 1.54) is 0 Å². The number of rotatable bonds is 6. The maximum absolute atomic E-state index is 12.0. The summed E-state index contributed by atoms with van der Waals surface area (Å²) in [7, 11) is 1.73. The lowest BCUT2D eigenvalue weighted by Crippen LogP contribution is -2.31. The molecule has 0 bridgehead atoms. The van der Waals surface area contributed by atoms with Crippen molar-refractivity contribution < 1.29 is 9.53 Å². The van der Waals surface area contributed by atoms with Crippen LogP contribution in [0.4, 0.5) is 0 Å². The summed E-state index contributed by atoms with van der Waals surface area (Å²) in [4.78, 5) is 14.4. The molecule has 0 radical (unpaired) electrons. The quantitative estimate of drug-likeness (QED) is 0.862. The largest absolute Gasteiger partial charge is 0.383 e. The van der Waals surface area contributed by atoms with Gasteiger partial charge in [-0.3, -0.25) is 4.79 Å². The Hall–Kier alpha value is -0.910. The third-order valence-corrected chi connectivity index (χ3v) is 4.17. The molecule has 0 unspecified atom stereocenters. The first-order chi connectivity index (χ1) is 9.69. The van der Waals surface area contributed by atoms with Gasteiger partial charge in [0.25, 0.3) is 5.91 Å². The van der Waals surface area contributed by atoms with Crippen molar-refractivity contribution in [2.45, 2.75) is 6.42 Å². The lowest BCUT2D eigenvalue weighted by molar-refractivity contribution is 0.0946.